The van der Waals surface area contributed by atoms with E-state index in [1.807, 2.05) is 11.0 Å². The van der Waals surface area contributed by atoms with E-state index >= 15 is 0 Å². The lowest BCUT2D eigenvalue weighted by atomic mass is 10.2. The van der Waals surface area contributed by atoms with Crippen LogP contribution in [-0.4, -0.2) is 23.4 Å². The van der Waals surface area contributed by atoms with Crippen molar-refractivity contribution in [1.29, 1.82) is 0 Å². The molecule has 2 rings (SSSR count). The Morgan fingerprint density at radius 2 is 2.25 bits per heavy atom. The fourth-order valence-electron chi connectivity index (χ4n) is 2.32. The number of nitrogens with zero attached hydrogens (tertiary/aromatic N) is 1. The summed E-state index contributed by atoms with van der Waals surface area (Å²) in [5.74, 6) is 0.0836. The van der Waals surface area contributed by atoms with Gasteiger partial charge in [0.1, 0.15) is 0 Å². The standard InChI is InChI=1S/C12H18N2OS/c13-8-12(15)14(10-4-1-2-5-10)9-11-6-3-7-16-11/h3,6-7,10H,1-2,4-5,8-9,13H2. The minimum absolute atomic E-state index is 0.0836. The van der Waals surface area contributed by atoms with Gasteiger partial charge in [0.05, 0.1) is 13.1 Å². The van der Waals surface area contributed by atoms with Crippen LogP contribution in [0.15, 0.2) is 17.5 Å². The molecule has 2 N–H and O–H groups in total. The summed E-state index contributed by atoms with van der Waals surface area (Å²) in [6.07, 6.45) is 4.75. The summed E-state index contributed by atoms with van der Waals surface area (Å²) < 4.78 is 0. The Hall–Kier alpha value is -0.870. The molecule has 1 aliphatic rings. The van der Waals surface area contributed by atoms with Gasteiger partial charge in [0, 0.05) is 10.9 Å². The zero-order valence-corrected chi connectivity index (χ0v) is 10.2. The maximum Gasteiger partial charge on any atom is 0.236 e. The third-order valence-electron chi connectivity index (χ3n) is 3.17. The van der Waals surface area contributed by atoms with E-state index in [2.05, 4.69) is 11.4 Å². The molecular weight excluding hydrogens is 220 g/mol. The number of nitrogens with two attached hydrogens (primary N) is 1. The van der Waals surface area contributed by atoms with Crippen molar-refractivity contribution in [3.05, 3.63) is 22.4 Å². The molecule has 0 unspecified atom stereocenters. The van der Waals surface area contributed by atoms with Crippen LogP contribution in [0, 0.1) is 0 Å². The van der Waals surface area contributed by atoms with Crippen LogP contribution in [0.2, 0.25) is 0 Å². The van der Waals surface area contributed by atoms with Crippen LogP contribution in [0.4, 0.5) is 0 Å². The van der Waals surface area contributed by atoms with E-state index in [9.17, 15) is 4.79 Å². The van der Waals surface area contributed by atoms with Gasteiger partial charge in [-0.3, -0.25) is 4.79 Å². The molecular formula is C12H18N2OS. The summed E-state index contributed by atoms with van der Waals surface area (Å²) in [5.41, 5.74) is 5.48. The quantitative estimate of drug-likeness (QED) is 0.872. The van der Waals surface area contributed by atoms with Crippen LogP contribution in [0.3, 0.4) is 0 Å². The summed E-state index contributed by atoms with van der Waals surface area (Å²) in [5, 5.41) is 2.05. The van der Waals surface area contributed by atoms with Crippen LogP contribution in [-0.2, 0) is 11.3 Å². The molecule has 1 heterocycles. The van der Waals surface area contributed by atoms with Crippen molar-refractivity contribution in [1.82, 2.24) is 4.90 Å². The molecule has 1 aromatic rings. The van der Waals surface area contributed by atoms with Crippen molar-refractivity contribution in [3.63, 3.8) is 0 Å². The zero-order chi connectivity index (χ0) is 11.4. The van der Waals surface area contributed by atoms with Crippen molar-refractivity contribution >= 4 is 17.2 Å². The van der Waals surface area contributed by atoms with Gasteiger partial charge in [-0.25, -0.2) is 0 Å². The predicted octanol–water partition coefficient (Wildman–Crippen LogP) is 1.98. The Bertz CT molecular complexity index is 331. The number of hydrogen-bond donors (Lipinski definition) is 1. The lowest BCUT2D eigenvalue weighted by Gasteiger charge is -2.28. The van der Waals surface area contributed by atoms with Crippen molar-refractivity contribution in [3.8, 4) is 0 Å². The number of carbonyl (C=O) groups excluding carboxylic acids is 1. The highest BCUT2D eigenvalue weighted by Crippen LogP contribution is 2.25. The molecule has 0 radical (unpaired) electrons. The fourth-order valence-corrected chi connectivity index (χ4v) is 3.03. The Morgan fingerprint density at radius 3 is 2.81 bits per heavy atom. The highest BCUT2D eigenvalue weighted by Gasteiger charge is 2.25. The largest absolute Gasteiger partial charge is 0.333 e. The predicted molar refractivity (Wildman–Crippen MR) is 66.2 cm³/mol. The second kappa shape index (κ2) is 5.46. The number of thiophene rings is 1. The molecule has 1 aliphatic carbocycles. The summed E-state index contributed by atoms with van der Waals surface area (Å²) in [6, 6.07) is 4.52. The molecule has 0 aliphatic heterocycles. The van der Waals surface area contributed by atoms with E-state index in [0.29, 0.717) is 6.04 Å². The minimum Gasteiger partial charge on any atom is -0.333 e. The number of carbonyl (C=O) groups is 1. The molecule has 1 amide bonds. The molecule has 3 nitrogen and oxygen atoms in total. The van der Waals surface area contributed by atoms with Gasteiger partial charge < -0.3 is 10.6 Å². The topological polar surface area (TPSA) is 46.3 Å². The van der Waals surface area contributed by atoms with E-state index in [-0.39, 0.29) is 12.5 Å². The molecule has 0 aromatic carbocycles. The van der Waals surface area contributed by atoms with Crippen LogP contribution in [0.5, 0.6) is 0 Å². The maximum atomic E-state index is 11.8. The van der Waals surface area contributed by atoms with Crippen LogP contribution in [0.25, 0.3) is 0 Å². The monoisotopic (exact) mass is 238 g/mol. The first-order chi connectivity index (χ1) is 7.81. The van der Waals surface area contributed by atoms with E-state index in [1.165, 1.54) is 17.7 Å². The highest BCUT2D eigenvalue weighted by molar-refractivity contribution is 7.09. The number of amides is 1. The minimum atomic E-state index is 0.0836. The van der Waals surface area contributed by atoms with Gasteiger partial charge in [0.15, 0.2) is 0 Å². The first-order valence-electron chi connectivity index (χ1n) is 5.83. The maximum absolute atomic E-state index is 11.8. The van der Waals surface area contributed by atoms with Gasteiger partial charge >= 0.3 is 0 Å². The smallest absolute Gasteiger partial charge is 0.236 e. The number of rotatable bonds is 4. The van der Waals surface area contributed by atoms with Gasteiger partial charge in [-0.15, -0.1) is 11.3 Å². The first kappa shape index (κ1) is 11.6. The average molecular weight is 238 g/mol. The van der Waals surface area contributed by atoms with E-state index < -0.39 is 0 Å². The summed E-state index contributed by atoms with van der Waals surface area (Å²) in [6.45, 7) is 0.861. The van der Waals surface area contributed by atoms with E-state index in [0.717, 1.165) is 19.4 Å². The lowest BCUT2D eigenvalue weighted by Crippen LogP contribution is -2.41. The molecule has 4 heteroatoms. The Labute approximate surface area is 100 Å². The fraction of sp³-hybridized carbons (Fsp3) is 0.583. The van der Waals surface area contributed by atoms with Crippen LogP contribution in [0.1, 0.15) is 30.6 Å². The molecule has 0 atom stereocenters. The van der Waals surface area contributed by atoms with Crippen molar-refractivity contribution in [2.24, 2.45) is 5.73 Å². The van der Waals surface area contributed by atoms with Crippen molar-refractivity contribution in [2.75, 3.05) is 6.54 Å². The molecule has 0 saturated heterocycles. The zero-order valence-electron chi connectivity index (χ0n) is 9.39. The molecule has 1 fully saturated rings. The molecule has 1 aromatic heterocycles. The van der Waals surface area contributed by atoms with Crippen LogP contribution >= 0.6 is 11.3 Å². The number of hydrogen-bond acceptors (Lipinski definition) is 3. The van der Waals surface area contributed by atoms with E-state index in [4.69, 9.17) is 5.73 Å². The summed E-state index contributed by atoms with van der Waals surface area (Å²) >= 11 is 1.70. The van der Waals surface area contributed by atoms with E-state index in [1.54, 1.807) is 11.3 Å². The molecule has 1 saturated carbocycles. The Kier molecular flexibility index (Phi) is 3.96. The average Bonchev–Trinajstić information content (AvgIpc) is 2.97. The first-order valence-corrected chi connectivity index (χ1v) is 6.71. The highest BCUT2D eigenvalue weighted by atomic mass is 32.1. The Balaban J connectivity index is 2.04. The van der Waals surface area contributed by atoms with Crippen LogP contribution < -0.4 is 5.73 Å². The molecule has 0 bridgehead atoms. The van der Waals surface area contributed by atoms with Gasteiger partial charge in [-0.2, -0.15) is 0 Å². The summed E-state index contributed by atoms with van der Waals surface area (Å²) in [4.78, 5) is 15.0. The van der Waals surface area contributed by atoms with Gasteiger partial charge in [-0.05, 0) is 24.3 Å². The Morgan fingerprint density at radius 1 is 1.50 bits per heavy atom. The van der Waals surface area contributed by atoms with Crippen molar-refractivity contribution in [2.45, 2.75) is 38.3 Å². The van der Waals surface area contributed by atoms with Gasteiger partial charge in [0.2, 0.25) is 5.91 Å². The normalized spacial score (nSPS) is 16.6. The second-order valence-electron chi connectivity index (χ2n) is 4.24. The molecule has 88 valence electrons. The lowest BCUT2D eigenvalue weighted by molar-refractivity contribution is -0.132. The SMILES string of the molecule is NCC(=O)N(Cc1cccs1)C1CCCC1. The second-order valence-corrected chi connectivity index (χ2v) is 5.28. The van der Waals surface area contributed by atoms with Gasteiger partial charge in [0.25, 0.3) is 0 Å². The third-order valence-corrected chi connectivity index (χ3v) is 4.03. The van der Waals surface area contributed by atoms with Crippen molar-refractivity contribution < 1.29 is 4.79 Å². The summed E-state index contributed by atoms with van der Waals surface area (Å²) in [7, 11) is 0. The molecule has 0 spiro atoms. The molecule has 16 heavy (non-hydrogen) atoms. The van der Waals surface area contributed by atoms with Gasteiger partial charge in [-0.1, -0.05) is 18.9 Å². The third kappa shape index (κ3) is 2.62.